The molecular weight excluding hydrogens is 590 g/mol. The van der Waals surface area contributed by atoms with Gasteiger partial charge in [0.05, 0.1) is 28.3 Å². The number of nitrogens with zero attached hydrogens (tertiary/aromatic N) is 2. The van der Waals surface area contributed by atoms with Crippen molar-refractivity contribution in [1.82, 2.24) is 25.8 Å². The number of aromatic nitrogens is 1. The molecule has 2 aromatic rings. The number of thiazole rings is 1. The molecule has 4 rings (SSSR count). The van der Waals surface area contributed by atoms with E-state index in [0.717, 1.165) is 47.6 Å². The molecule has 10 nitrogen and oxygen atoms in total. The van der Waals surface area contributed by atoms with E-state index in [1.165, 1.54) is 4.90 Å². The first-order chi connectivity index (χ1) is 20.0. The second-order valence-electron chi connectivity index (χ2n) is 12.4. The Balaban J connectivity index is 0.00000506. The Morgan fingerprint density at radius 2 is 1.88 bits per heavy atom. The average Bonchev–Trinajstić information content (AvgIpc) is 3.58. The summed E-state index contributed by atoms with van der Waals surface area (Å²) >= 11 is 1.59. The third-order valence-electron chi connectivity index (χ3n) is 7.90. The zero-order valence-corrected chi connectivity index (χ0v) is 27.2. The number of nitrogens with one attached hydrogen (secondary N) is 3. The van der Waals surface area contributed by atoms with E-state index < -0.39 is 23.6 Å². The number of halogens is 1. The Labute approximate surface area is 264 Å². The van der Waals surface area contributed by atoms with Crippen LogP contribution in [0.25, 0.3) is 10.4 Å². The minimum absolute atomic E-state index is 0. The predicted molar refractivity (Wildman–Crippen MR) is 170 cm³/mol. The van der Waals surface area contributed by atoms with Gasteiger partial charge in [-0.2, -0.15) is 0 Å². The van der Waals surface area contributed by atoms with Gasteiger partial charge in [0.25, 0.3) is 0 Å². The molecule has 0 bridgehead atoms. The van der Waals surface area contributed by atoms with Crippen molar-refractivity contribution in [3.63, 3.8) is 0 Å². The van der Waals surface area contributed by atoms with E-state index in [2.05, 4.69) is 20.9 Å². The maximum atomic E-state index is 13.8. The average molecular weight is 636 g/mol. The number of hydrogen-bond donors (Lipinski definition) is 4. The molecule has 12 heteroatoms. The fourth-order valence-electron chi connectivity index (χ4n) is 5.46. The number of aliphatic hydroxyl groups excluding tert-OH is 1. The summed E-state index contributed by atoms with van der Waals surface area (Å²) in [6.45, 7) is 10.4. The van der Waals surface area contributed by atoms with Crippen LogP contribution in [0.15, 0.2) is 29.8 Å². The number of aryl methyl sites for hydroxylation is 1. The lowest BCUT2D eigenvalue weighted by atomic mass is 9.85. The molecule has 1 aromatic carbocycles. The van der Waals surface area contributed by atoms with Gasteiger partial charge in [-0.15, -0.1) is 23.7 Å². The summed E-state index contributed by atoms with van der Waals surface area (Å²) < 4.78 is 5.90. The third-order valence-corrected chi connectivity index (χ3v) is 8.88. The minimum Gasteiger partial charge on any atom is -0.391 e. The summed E-state index contributed by atoms with van der Waals surface area (Å²) in [5, 5.41) is 19.6. The van der Waals surface area contributed by atoms with Crippen LogP contribution in [0.1, 0.15) is 64.1 Å². The molecule has 0 spiro atoms. The number of hydrogen-bond acceptors (Lipinski definition) is 8. The molecule has 3 heterocycles. The number of aliphatic hydroxyl groups is 1. The van der Waals surface area contributed by atoms with Gasteiger partial charge >= 0.3 is 0 Å². The molecule has 0 unspecified atom stereocenters. The van der Waals surface area contributed by atoms with Crippen LogP contribution in [0.2, 0.25) is 0 Å². The molecule has 3 amide bonds. The number of rotatable bonds is 11. The molecular formula is C31H46ClN5O5S. The van der Waals surface area contributed by atoms with Gasteiger partial charge in [0.15, 0.2) is 0 Å². The first kappa shape index (κ1) is 34.9. The largest absolute Gasteiger partial charge is 0.391 e. The lowest BCUT2D eigenvalue weighted by Gasteiger charge is -2.35. The Morgan fingerprint density at radius 1 is 1.19 bits per heavy atom. The smallest absolute Gasteiger partial charge is 0.246 e. The molecule has 2 aliphatic rings. The molecule has 238 valence electrons. The Bertz CT molecular complexity index is 1210. The number of benzene rings is 1. The number of amides is 3. The monoisotopic (exact) mass is 635 g/mol. The summed E-state index contributed by atoms with van der Waals surface area (Å²) in [5.74, 6) is -0.908. The van der Waals surface area contributed by atoms with Crippen molar-refractivity contribution < 1.29 is 24.2 Å². The van der Waals surface area contributed by atoms with Crippen molar-refractivity contribution in [2.45, 2.75) is 90.6 Å². The second kappa shape index (κ2) is 15.9. The predicted octanol–water partition coefficient (Wildman–Crippen LogP) is 3.20. The Hall–Kier alpha value is -2.57. The fraction of sp³-hybridized carbons (Fsp3) is 0.613. The van der Waals surface area contributed by atoms with Crippen LogP contribution in [0, 0.1) is 12.3 Å². The van der Waals surface area contributed by atoms with Crippen molar-refractivity contribution in [2.24, 2.45) is 5.41 Å². The Kier molecular flexibility index (Phi) is 12.9. The van der Waals surface area contributed by atoms with Gasteiger partial charge in [-0.3, -0.25) is 14.4 Å². The first-order valence-electron chi connectivity index (χ1n) is 14.9. The highest BCUT2D eigenvalue weighted by atomic mass is 35.5. The summed E-state index contributed by atoms with van der Waals surface area (Å²) in [7, 11) is 0. The minimum atomic E-state index is -0.835. The van der Waals surface area contributed by atoms with Crippen LogP contribution < -0.4 is 16.0 Å². The number of carbonyl (C=O) groups excluding carboxylic acids is 3. The highest BCUT2D eigenvalue weighted by Gasteiger charge is 2.44. The molecule has 0 radical (unpaired) electrons. The molecule has 2 saturated heterocycles. The van der Waals surface area contributed by atoms with E-state index in [1.54, 1.807) is 11.3 Å². The highest BCUT2D eigenvalue weighted by molar-refractivity contribution is 7.13. The molecule has 2 aliphatic heterocycles. The zero-order valence-electron chi connectivity index (χ0n) is 25.6. The first-order valence-corrected chi connectivity index (χ1v) is 15.8. The van der Waals surface area contributed by atoms with Crippen molar-refractivity contribution >= 4 is 41.5 Å². The SMILES string of the molecule is Cc1ncsc1-c1ccc(CNC(=O)[C@@H]2C[C@@H](O)CN2C(=O)[C@@H](NC(=O)CCCOC2CCNCC2)C(C)(C)C)cc1.Cl. The number of piperidine rings is 1. The van der Waals surface area contributed by atoms with Crippen molar-refractivity contribution in [1.29, 1.82) is 0 Å². The van der Waals surface area contributed by atoms with E-state index in [9.17, 15) is 19.5 Å². The van der Waals surface area contributed by atoms with Gasteiger partial charge in [-0.05, 0) is 55.8 Å². The van der Waals surface area contributed by atoms with Crippen molar-refractivity contribution in [3.8, 4) is 10.4 Å². The lowest BCUT2D eigenvalue weighted by molar-refractivity contribution is -0.144. The number of ether oxygens (including phenoxy) is 1. The van der Waals surface area contributed by atoms with Crippen LogP contribution in [-0.4, -0.2) is 83.2 Å². The summed E-state index contributed by atoms with van der Waals surface area (Å²) in [5.41, 5.74) is 4.21. The quantitative estimate of drug-likeness (QED) is 0.279. The van der Waals surface area contributed by atoms with E-state index in [4.69, 9.17) is 4.74 Å². The van der Waals surface area contributed by atoms with Crippen LogP contribution in [-0.2, 0) is 25.7 Å². The maximum absolute atomic E-state index is 13.8. The van der Waals surface area contributed by atoms with Crippen LogP contribution >= 0.6 is 23.7 Å². The molecule has 0 saturated carbocycles. The van der Waals surface area contributed by atoms with Gasteiger partial charge < -0.3 is 30.7 Å². The standard InChI is InChI=1S/C31H45N5O5S.ClH/c1-20-27(42-19-34-20)22-9-7-21(8-10-22)17-33-29(39)25-16-23(37)18-36(25)30(40)28(31(2,3)4)35-26(38)6-5-15-41-24-11-13-32-14-12-24;/h7-10,19,23-25,28,32,37H,5-6,11-18H2,1-4H3,(H,33,39)(H,35,38);1H/t23-,25+,28-;/m1./s1. The fourth-order valence-corrected chi connectivity index (χ4v) is 6.27. The highest BCUT2D eigenvalue weighted by Crippen LogP contribution is 2.28. The number of β-amino-alcohol motifs (C(OH)–C–C–N with tert-alkyl or cyclic N) is 1. The van der Waals surface area contributed by atoms with Gasteiger partial charge in [0.1, 0.15) is 12.1 Å². The normalized spacial score (nSPS) is 19.9. The number of likely N-dealkylation sites (tertiary alicyclic amines) is 1. The van der Waals surface area contributed by atoms with Crippen LogP contribution in [0.3, 0.4) is 0 Å². The molecule has 3 atom stereocenters. The van der Waals surface area contributed by atoms with Gasteiger partial charge in [0, 0.05) is 32.5 Å². The maximum Gasteiger partial charge on any atom is 0.246 e. The van der Waals surface area contributed by atoms with E-state index in [0.29, 0.717) is 19.6 Å². The Morgan fingerprint density at radius 3 is 2.51 bits per heavy atom. The molecule has 1 aromatic heterocycles. The summed E-state index contributed by atoms with van der Waals surface area (Å²) in [4.78, 5) is 46.7. The van der Waals surface area contributed by atoms with E-state index in [-0.39, 0.29) is 55.6 Å². The topological polar surface area (TPSA) is 133 Å². The summed E-state index contributed by atoms with van der Waals surface area (Å²) in [6, 6.07) is 6.29. The molecule has 43 heavy (non-hydrogen) atoms. The van der Waals surface area contributed by atoms with Crippen molar-refractivity contribution in [2.75, 3.05) is 26.2 Å². The summed E-state index contributed by atoms with van der Waals surface area (Å²) in [6.07, 6.45) is 2.34. The van der Waals surface area contributed by atoms with Gasteiger partial charge in [-0.1, -0.05) is 45.0 Å². The zero-order chi connectivity index (χ0) is 30.3. The van der Waals surface area contributed by atoms with E-state index in [1.807, 2.05) is 57.5 Å². The molecule has 2 fully saturated rings. The number of carbonyl (C=O) groups is 3. The molecule has 0 aliphatic carbocycles. The lowest BCUT2D eigenvalue weighted by Crippen LogP contribution is -2.57. The molecule has 4 N–H and O–H groups in total. The van der Waals surface area contributed by atoms with Gasteiger partial charge in [-0.25, -0.2) is 4.98 Å². The van der Waals surface area contributed by atoms with Crippen LogP contribution in [0.4, 0.5) is 0 Å². The second-order valence-corrected chi connectivity index (χ2v) is 13.2. The van der Waals surface area contributed by atoms with Crippen molar-refractivity contribution in [3.05, 3.63) is 41.0 Å². The third kappa shape index (κ3) is 9.71. The van der Waals surface area contributed by atoms with Crippen LogP contribution in [0.5, 0.6) is 0 Å². The van der Waals surface area contributed by atoms with E-state index >= 15 is 0 Å². The van der Waals surface area contributed by atoms with Gasteiger partial charge in [0.2, 0.25) is 17.7 Å².